The number of methoxy groups -OCH3 is 1. The summed E-state index contributed by atoms with van der Waals surface area (Å²) in [6.45, 7) is 3.23. The zero-order valence-electron chi connectivity index (χ0n) is 12.7. The molecule has 2 rings (SSSR count). The number of ether oxygens (including phenoxy) is 1. The van der Waals surface area contributed by atoms with E-state index in [-0.39, 0.29) is 46.3 Å². The third kappa shape index (κ3) is 2.64. The molecule has 0 atom stereocenters. The van der Waals surface area contributed by atoms with E-state index in [0.29, 0.717) is 18.4 Å². The molecule has 116 valence electrons. The summed E-state index contributed by atoms with van der Waals surface area (Å²) in [7, 11) is 1.22. The van der Waals surface area contributed by atoms with Gasteiger partial charge in [0.2, 0.25) is 0 Å². The van der Waals surface area contributed by atoms with Crippen LogP contribution in [-0.4, -0.2) is 35.5 Å². The Kier molecular flexibility index (Phi) is 4.40. The molecule has 22 heavy (non-hydrogen) atoms. The molecule has 1 heterocycles. The molecule has 0 fully saturated rings. The molecule has 0 radical (unpaired) electrons. The smallest absolute Gasteiger partial charge is 0.352 e. The highest BCUT2D eigenvalue weighted by atomic mass is 16.5. The zero-order valence-corrected chi connectivity index (χ0v) is 12.7. The van der Waals surface area contributed by atoms with Gasteiger partial charge in [-0.15, -0.1) is 0 Å². The van der Waals surface area contributed by atoms with E-state index in [1.54, 1.807) is 0 Å². The predicted molar refractivity (Wildman–Crippen MR) is 80.2 cm³/mol. The van der Waals surface area contributed by atoms with Crippen LogP contribution in [-0.2, 0) is 16.0 Å². The Balaban J connectivity index is 2.74. The van der Waals surface area contributed by atoms with Crippen molar-refractivity contribution in [3.63, 3.8) is 0 Å². The highest BCUT2D eigenvalue weighted by Crippen LogP contribution is 2.39. The van der Waals surface area contributed by atoms with E-state index in [4.69, 9.17) is 0 Å². The molecule has 0 aliphatic carbocycles. The second-order valence-corrected chi connectivity index (χ2v) is 5.10. The van der Waals surface area contributed by atoms with E-state index in [9.17, 15) is 19.5 Å². The van der Waals surface area contributed by atoms with Crippen molar-refractivity contribution >= 4 is 28.9 Å². The summed E-state index contributed by atoms with van der Waals surface area (Å²) in [6.07, 6.45) is 0.965. The summed E-state index contributed by atoms with van der Waals surface area (Å²) in [5.41, 5.74) is 1.05. The second-order valence-electron chi connectivity index (χ2n) is 5.10. The summed E-state index contributed by atoms with van der Waals surface area (Å²) in [6, 6.07) is 1.35. The van der Waals surface area contributed by atoms with Gasteiger partial charge in [-0.25, -0.2) is 9.79 Å². The number of fused-ring (bicyclic) bond motifs is 1. The maximum absolute atomic E-state index is 12.3. The predicted octanol–water partition coefficient (Wildman–Crippen LogP) is 2.38. The van der Waals surface area contributed by atoms with Gasteiger partial charge >= 0.3 is 5.97 Å². The number of aromatic hydroxyl groups is 1. The first-order valence-corrected chi connectivity index (χ1v) is 6.99. The molecule has 1 N–H and O–H groups in total. The summed E-state index contributed by atoms with van der Waals surface area (Å²) in [5.74, 6) is -1.48. The minimum absolute atomic E-state index is 0.00679. The van der Waals surface area contributed by atoms with Crippen molar-refractivity contribution in [1.29, 1.82) is 0 Å². The number of Topliss-reactive ketones (excluding diaryl/α,β-unsaturated/α-hetero) is 2. The number of hydrogen-bond donors (Lipinski definition) is 1. The number of ketones is 2. The number of phenols is 1. The van der Waals surface area contributed by atoms with Crippen LogP contribution in [0.15, 0.2) is 11.1 Å². The fraction of sp³-hybridized carbons (Fsp3) is 0.375. The van der Waals surface area contributed by atoms with E-state index in [2.05, 4.69) is 9.73 Å². The SMILES string of the molecule is CCCc1c(O)c(C(C)=O)cc2c1N=C(C(=O)OC)CC2=O. The van der Waals surface area contributed by atoms with Crippen LogP contribution in [0.5, 0.6) is 5.75 Å². The minimum atomic E-state index is -0.670. The van der Waals surface area contributed by atoms with Crippen molar-refractivity contribution in [3.05, 3.63) is 22.8 Å². The van der Waals surface area contributed by atoms with Crippen molar-refractivity contribution in [2.75, 3.05) is 7.11 Å². The molecule has 6 nitrogen and oxygen atoms in total. The van der Waals surface area contributed by atoms with Crippen molar-refractivity contribution < 1.29 is 24.2 Å². The summed E-state index contributed by atoms with van der Waals surface area (Å²) in [5, 5.41) is 10.3. The van der Waals surface area contributed by atoms with Gasteiger partial charge in [-0.2, -0.15) is 0 Å². The Morgan fingerprint density at radius 1 is 1.41 bits per heavy atom. The van der Waals surface area contributed by atoms with Gasteiger partial charge < -0.3 is 9.84 Å². The molecule has 0 bridgehead atoms. The normalized spacial score (nSPS) is 13.4. The number of phenolic OH excluding ortho intramolecular Hbond substituents is 1. The molecule has 0 aromatic heterocycles. The molecule has 1 aliphatic heterocycles. The standard InChI is InChI=1S/C16H17NO5/c1-4-5-9-14-11(6-10(8(2)18)15(9)20)13(19)7-12(17-14)16(21)22-3/h6,20H,4-5,7H2,1-3H3. The molecule has 0 amide bonds. The lowest BCUT2D eigenvalue weighted by atomic mass is 9.91. The van der Waals surface area contributed by atoms with Gasteiger partial charge in [-0.1, -0.05) is 13.3 Å². The number of esters is 1. The van der Waals surface area contributed by atoms with Gasteiger partial charge in [0.1, 0.15) is 11.5 Å². The van der Waals surface area contributed by atoms with E-state index in [0.717, 1.165) is 0 Å². The molecule has 0 saturated heterocycles. The summed E-state index contributed by atoms with van der Waals surface area (Å²) >= 11 is 0. The quantitative estimate of drug-likeness (QED) is 0.681. The van der Waals surface area contributed by atoms with Gasteiger partial charge in [-0.05, 0) is 19.4 Å². The first-order valence-electron chi connectivity index (χ1n) is 6.99. The fourth-order valence-electron chi connectivity index (χ4n) is 2.47. The molecule has 0 saturated carbocycles. The monoisotopic (exact) mass is 303 g/mol. The summed E-state index contributed by atoms with van der Waals surface area (Å²) in [4.78, 5) is 39.8. The van der Waals surface area contributed by atoms with Crippen molar-refractivity contribution in [2.24, 2.45) is 4.99 Å². The van der Waals surface area contributed by atoms with Gasteiger partial charge in [-0.3, -0.25) is 9.59 Å². The molecular formula is C16H17NO5. The average molecular weight is 303 g/mol. The van der Waals surface area contributed by atoms with Crippen LogP contribution in [0.25, 0.3) is 0 Å². The van der Waals surface area contributed by atoms with Gasteiger partial charge in [0.05, 0.1) is 24.8 Å². The third-order valence-corrected chi connectivity index (χ3v) is 3.55. The van der Waals surface area contributed by atoms with Crippen LogP contribution < -0.4 is 0 Å². The molecule has 1 aromatic rings. The van der Waals surface area contributed by atoms with Crippen molar-refractivity contribution in [1.82, 2.24) is 0 Å². The first-order chi connectivity index (χ1) is 10.4. The largest absolute Gasteiger partial charge is 0.507 e. The molecule has 1 aromatic carbocycles. The van der Waals surface area contributed by atoms with Crippen LogP contribution in [0.1, 0.15) is 53.0 Å². The lowest BCUT2D eigenvalue weighted by Gasteiger charge is -2.19. The van der Waals surface area contributed by atoms with Crippen LogP contribution in [0.3, 0.4) is 0 Å². The lowest BCUT2D eigenvalue weighted by molar-refractivity contribution is -0.132. The van der Waals surface area contributed by atoms with Crippen molar-refractivity contribution in [2.45, 2.75) is 33.1 Å². The van der Waals surface area contributed by atoms with E-state index >= 15 is 0 Å². The van der Waals surface area contributed by atoms with Crippen LogP contribution in [0, 0.1) is 0 Å². The van der Waals surface area contributed by atoms with E-state index in [1.165, 1.54) is 20.1 Å². The molecule has 1 aliphatic rings. The molecule has 0 unspecified atom stereocenters. The Morgan fingerprint density at radius 3 is 2.64 bits per heavy atom. The fourth-order valence-corrected chi connectivity index (χ4v) is 2.47. The Hall–Kier alpha value is -2.50. The Morgan fingerprint density at radius 2 is 2.09 bits per heavy atom. The van der Waals surface area contributed by atoms with Crippen LogP contribution in [0.4, 0.5) is 5.69 Å². The van der Waals surface area contributed by atoms with Crippen molar-refractivity contribution in [3.8, 4) is 5.75 Å². The number of nitrogens with zero attached hydrogens (tertiary/aromatic N) is 1. The Labute approximate surface area is 127 Å². The van der Waals surface area contributed by atoms with E-state index < -0.39 is 5.97 Å². The maximum atomic E-state index is 12.3. The van der Waals surface area contributed by atoms with Gasteiger partial charge in [0.25, 0.3) is 0 Å². The number of rotatable bonds is 4. The van der Waals surface area contributed by atoms with Gasteiger partial charge in [0.15, 0.2) is 11.6 Å². The van der Waals surface area contributed by atoms with Crippen LogP contribution in [0.2, 0.25) is 0 Å². The maximum Gasteiger partial charge on any atom is 0.352 e. The number of benzene rings is 1. The third-order valence-electron chi connectivity index (χ3n) is 3.55. The summed E-state index contributed by atoms with van der Waals surface area (Å²) < 4.78 is 4.61. The highest BCUT2D eigenvalue weighted by molar-refractivity contribution is 6.42. The second kappa shape index (κ2) is 6.09. The average Bonchev–Trinajstić information content (AvgIpc) is 2.48. The minimum Gasteiger partial charge on any atom is -0.507 e. The number of carbonyl (C=O) groups excluding carboxylic acids is 3. The number of carbonyl (C=O) groups is 3. The highest BCUT2D eigenvalue weighted by Gasteiger charge is 2.29. The lowest BCUT2D eigenvalue weighted by Crippen LogP contribution is -2.23. The zero-order chi connectivity index (χ0) is 16.4. The van der Waals surface area contributed by atoms with Gasteiger partial charge in [0, 0.05) is 11.1 Å². The Bertz CT molecular complexity index is 703. The molecule has 6 heteroatoms. The van der Waals surface area contributed by atoms with E-state index in [1.807, 2.05) is 6.92 Å². The molecular weight excluding hydrogens is 286 g/mol. The number of aliphatic imine (C=N–C) groups is 1. The van der Waals surface area contributed by atoms with Crippen LogP contribution >= 0.6 is 0 Å². The number of hydrogen-bond acceptors (Lipinski definition) is 6. The molecule has 0 spiro atoms. The topological polar surface area (TPSA) is 93.0 Å². The first kappa shape index (κ1) is 15.9.